The number of benzene rings is 3. The lowest BCUT2D eigenvalue weighted by Gasteiger charge is -2.18. The van der Waals surface area contributed by atoms with Crippen LogP contribution in [0.4, 0.5) is 0 Å². The average molecular weight is 412 g/mol. The molecular formula is C25H21N3OS. The van der Waals surface area contributed by atoms with E-state index in [9.17, 15) is 0 Å². The molecule has 1 aromatic heterocycles. The first-order chi connectivity index (χ1) is 14.8. The third-order valence-electron chi connectivity index (χ3n) is 5.30. The molecule has 0 aliphatic carbocycles. The van der Waals surface area contributed by atoms with Crippen molar-refractivity contribution >= 4 is 28.4 Å². The molecule has 2 heterocycles. The Hall–Kier alpha value is -3.31. The van der Waals surface area contributed by atoms with Crippen LogP contribution >= 0.6 is 12.2 Å². The zero-order valence-electron chi connectivity index (χ0n) is 16.5. The van der Waals surface area contributed by atoms with Crippen LogP contribution in [0, 0.1) is 0 Å². The molecule has 148 valence electrons. The summed E-state index contributed by atoms with van der Waals surface area (Å²) in [6.45, 7) is 1.93. The zero-order valence-corrected chi connectivity index (χ0v) is 17.3. The van der Waals surface area contributed by atoms with Crippen LogP contribution in [0.1, 0.15) is 12.8 Å². The maximum absolute atomic E-state index is 5.96. The number of rotatable bonds is 3. The fourth-order valence-corrected chi connectivity index (χ4v) is 4.04. The van der Waals surface area contributed by atoms with Gasteiger partial charge in [0.05, 0.1) is 22.4 Å². The van der Waals surface area contributed by atoms with Gasteiger partial charge in [-0.05, 0) is 37.2 Å². The van der Waals surface area contributed by atoms with Gasteiger partial charge in [-0.25, -0.2) is 9.97 Å². The molecule has 0 radical (unpaired) electrons. The van der Waals surface area contributed by atoms with Gasteiger partial charge >= 0.3 is 0 Å². The van der Waals surface area contributed by atoms with Gasteiger partial charge in [-0.15, -0.1) is 0 Å². The normalized spacial score (nSPS) is 13.5. The number of fused-ring (bicyclic) bond motifs is 1. The van der Waals surface area contributed by atoms with Gasteiger partial charge in [0.1, 0.15) is 5.75 Å². The van der Waals surface area contributed by atoms with Gasteiger partial charge in [0.15, 0.2) is 0 Å². The van der Waals surface area contributed by atoms with Crippen molar-refractivity contribution in [3.63, 3.8) is 0 Å². The smallest absolute Gasteiger partial charge is 0.264 e. The minimum absolute atomic E-state index is 0.531. The van der Waals surface area contributed by atoms with Gasteiger partial charge < -0.3 is 9.64 Å². The Balaban J connectivity index is 1.58. The van der Waals surface area contributed by atoms with E-state index in [4.69, 9.17) is 26.9 Å². The van der Waals surface area contributed by atoms with E-state index < -0.39 is 0 Å². The first-order valence-corrected chi connectivity index (χ1v) is 10.6. The van der Waals surface area contributed by atoms with Crippen molar-refractivity contribution in [2.75, 3.05) is 13.1 Å². The molecule has 1 aliphatic rings. The fourth-order valence-electron chi connectivity index (χ4n) is 3.76. The van der Waals surface area contributed by atoms with E-state index in [1.165, 1.54) is 0 Å². The molecule has 4 aromatic rings. The molecule has 0 saturated carbocycles. The highest BCUT2D eigenvalue weighted by molar-refractivity contribution is 7.80. The molecule has 5 heteroatoms. The molecule has 0 amide bonds. The van der Waals surface area contributed by atoms with Crippen LogP contribution in [0.15, 0.2) is 78.9 Å². The summed E-state index contributed by atoms with van der Waals surface area (Å²) in [7, 11) is 0. The lowest BCUT2D eigenvalue weighted by atomic mass is 10.0. The highest BCUT2D eigenvalue weighted by Crippen LogP contribution is 2.32. The van der Waals surface area contributed by atoms with Crippen LogP contribution in [-0.4, -0.2) is 33.1 Å². The standard InChI is InChI=1S/C25H21N3OS/c30-25(28-15-7-8-16-28)29-20-13-14-21-22(17-20)27-24(19-11-5-2-6-12-19)23(26-21)18-9-3-1-4-10-18/h1-6,9-14,17H,7-8,15-16H2. The molecule has 5 rings (SSSR count). The predicted octanol–water partition coefficient (Wildman–Crippen LogP) is 5.72. The number of thiocarbonyl (C=S) groups is 1. The monoisotopic (exact) mass is 411 g/mol. The molecule has 0 spiro atoms. The number of likely N-dealkylation sites (tertiary alicyclic amines) is 1. The van der Waals surface area contributed by atoms with E-state index in [0.717, 1.165) is 59.5 Å². The van der Waals surface area contributed by atoms with Crippen LogP contribution < -0.4 is 4.74 Å². The van der Waals surface area contributed by atoms with Gasteiger partial charge in [-0.1, -0.05) is 60.7 Å². The van der Waals surface area contributed by atoms with E-state index >= 15 is 0 Å². The van der Waals surface area contributed by atoms with Crippen molar-refractivity contribution < 1.29 is 4.74 Å². The Bertz CT molecular complexity index is 1190. The first kappa shape index (κ1) is 18.7. The quantitative estimate of drug-likeness (QED) is 0.403. The summed E-state index contributed by atoms with van der Waals surface area (Å²) in [5.41, 5.74) is 5.42. The molecule has 0 bridgehead atoms. The third kappa shape index (κ3) is 3.76. The summed E-state index contributed by atoms with van der Waals surface area (Å²) >= 11 is 5.47. The zero-order chi connectivity index (χ0) is 20.3. The molecule has 0 atom stereocenters. The molecule has 1 fully saturated rings. The van der Waals surface area contributed by atoms with Crippen molar-refractivity contribution in [1.29, 1.82) is 0 Å². The van der Waals surface area contributed by atoms with Crippen molar-refractivity contribution in [3.8, 4) is 28.3 Å². The number of nitrogens with zero attached hydrogens (tertiary/aromatic N) is 3. The second-order valence-corrected chi connectivity index (χ2v) is 7.71. The number of hydrogen-bond acceptors (Lipinski definition) is 4. The Kier molecular flexibility index (Phi) is 5.11. The lowest BCUT2D eigenvalue weighted by Crippen LogP contribution is -2.30. The van der Waals surface area contributed by atoms with Crippen molar-refractivity contribution in [1.82, 2.24) is 14.9 Å². The van der Waals surface area contributed by atoms with Crippen LogP contribution in [0.25, 0.3) is 33.5 Å². The third-order valence-corrected chi connectivity index (χ3v) is 5.64. The van der Waals surface area contributed by atoms with E-state index in [0.29, 0.717) is 10.9 Å². The number of hydrogen-bond donors (Lipinski definition) is 0. The molecule has 1 aliphatic heterocycles. The number of aromatic nitrogens is 2. The van der Waals surface area contributed by atoms with Crippen LogP contribution in [-0.2, 0) is 0 Å². The topological polar surface area (TPSA) is 38.3 Å². The molecule has 30 heavy (non-hydrogen) atoms. The van der Waals surface area contributed by atoms with E-state index in [2.05, 4.69) is 29.2 Å². The maximum atomic E-state index is 5.96. The van der Waals surface area contributed by atoms with E-state index in [1.54, 1.807) is 0 Å². The second-order valence-electron chi connectivity index (χ2n) is 7.37. The fraction of sp³-hybridized carbons (Fsp3) is 0.160. The molecule has 0 unspecified atom stereocenters. The Morgan fingerprint density at radius 3 is 1.90 bits per heavy atom. The minimum Gasteiger partial charge on any atom is -0.432 e. The summed E-state index contributed by atoms with van der Waals surface area (Å²) in [6.07, 6.45) is 2.32. The van der Waals surface area contributed by atoms with Crippen LogP contribution in [0.3, 0.4) is 0 Å². The van der Waals surface area contributed by atoms with Crippen molar-refractivity contribution in [2.24, 2.45) is 0 Å². The predicted molar refractivity (Wildman–Crippen MR) is 124 cm³/mol. The van der Waals surface area contributed by atoms with Gasteiger partial charge in [0.25, 0.3) is 5.17 Å². The van der Waals surface area contributed by atoms with Gasteiger partial charge in [0, 0.05) is 30.3 Å². The number of ether oxygens (including phenoxy) is 1. The van der Waals surface area contributed by atoms with Crippen molar-refractivity contribution in [2.45, 2.75) is 12.8 Å². The molecule has 3 aromatic carbocycles. The van der Waals surface area contributed by atoms with Gasteiger partial charge in [-0.3, -0.25) is 0 Å². The Labute approximate surface area is 181 Å². The second kappa shape index (κ2) is 8.20. The maximum Gasteiger partial charge on any atom is 0.264 e. The summed E-state index contributed by atoms with van der Waals surface area (Å²) in [6, 6.07) is 26.1. The summed E-state index contributed by atoms with van der Waals surface area (Å²) < 4.78 is 5.96. The van der Waals surface area contributed by atoms with Crippen LogP contribution in [0.5, 0.6) is 5.75 Å². The molecule has 1 saturated heterocycles. The van der Waals surface area contributed by atoms with Crippen LogP contribution in [0.2, 0.25) is 0 Å². The minimum atomic E-state index is 0.531. The van der Waals surface area contributed by atoms with Gasteiger partial charge in [0.2, 0.25) is 0 Å². The Morgan fingerprint density at radius 2 is 1.30 bits per heavy atom. The summed E-state index contributed by atoms with van der Waals surface area (Å²) in [5, 5.41) is 0.531. The molecular weight excluding hydrogens is 390 g/mol. The lowest BCUT2D eigenvalue weighted by molar-refractivity contribution is 0.407. The summed E-state index contributed by atoms with van der Waals surface area (Å²) in [4.78, 5) is 12.1. The molecule has 0 N–H and O–H groups in total. The highest BCUT2D eigenvalue weighted by atomic mass is 32.1. The largest absolute Gasteiger partial charge is 0.432 e. The van der Waals surface area contributed by atoms with Crippen molar-refractivity contribution in [3.05, 3.63) is 78.9 Å². The van der Waals surface area contributed by atoms with E-state index in [-0.39, 0.29) is 0 Å². The van der Waals surface area contributed by atoms with E-state index in [1.807, 2.05) is 54.6 Å². The SMILES string of the molecule is S=C(Oc1ccc2nc(-c3ccccc3)c(-c3ccccc3)nc2c1)N1CCCC1. The van der Waals surface area contributed by atoms with Gasteiger partial charge in [-0.2, -0.15) is 0 Å². The highest BCUT2D eigenvalue weighted by Gasteiger charge is 2.17. The Morgan fingerprint density at radius 1 is 0.733 bits per heavy atom. The summed E-state index contributed by atoms with van der Waals surface area (Å²) in [5.74, 6) is 0.695. The first-order valence-electron chi connectivity index (χ1n) is 10.2. The molecule has 4 nitrogen and oxygen atoms in total. The average Bonchev–Trinajstić information content (AvgIpc) is 3.35.